The average molecular weight is 336 g/mol. The van der Waals surface area contributed by atoms with Crippen LogP contribution in [0.3, 0.4) is 0 Å². The van der Waals surface area contributed by atoms with Crippen molar-refractivity contribution in [2.24, 2.45) is 7.05 Å². The van der Waals surface area contributed by atoms with Crippen LogP contribution < -0.4 is 5.32 Å². The number of carbonyl (C=O) groups is 1. The number of carbonyl (C=O) groups excluding carboxylic acids is 1. The predicted octanol–water partition coefficient (Wildman–Crippen LogP) is 1.97. The van der Waals surface area contributed by atoms with E-state index in [1.165, 1.54) is 23.1 Å². The molecule has 1 N–H and O–H groups in total. The van der Waals surface area contributed by atoms with Crippen molar-refractivity contribution in [3.05, 3.63) is 23.6 Å². The van der Waals surface area contributed by atoms with Crippen LogP contribution in [0.15, 0.2) is 27.4 Å². The molecule has 0 aliphatic rings. The van der Waals surface area contributed by atoms with Gasteiger partial charge in [-0.3, -0.25) is 10.1 Å². The average Bonchev–Trinajstić information content (AvgIpc) is 3.20. The molecule has 3 aromatic rings. The molecule has 0 saturated carbocycles. The first kappa shape index (κ1) is 14.7. The van der Waals surface area contributed by atoms with Gasteiger partial charge in [0.2, 0.25) is 11.0 Å². The maximum absolute atomic E-state index is 11.8. The lowest BCUT2D eigenvalue weighted by molar-refractivity contribution is -0.113. The van der Waals surface area contributed by atoms with Gasteiger partial charge in [-0.2, -0.15) is 0 Å². The summed E-state index contributed by atoms with van der Waals surface area (Å²) in [6.07, 6.45) is 1.61. The molecule has 3 aromatic heterocycles. The summed E-state index contributed by atoms with van der Waals surface area (Å²) in [6.45, 7) is 1.87. The second-order valence-electron chi connectivity index (χ2n) is 4.34. The summed E-state index contributed by atoms with van der Waals surface area (Å²) in [5.41, 5.74) is 2.45. The van der Waals surface area contributed by atoms with Crippen molar-refractivity contribution in [2.75, 3.05) is 11.1 Å². The first-order chi connectivity index (χ1) is 10.6. The first-order valence-corrected chi connectivity index (χ1v) is 8.14. The van der Waals surface area contributed by atoms with E-state index in [1.54, 1.807) is 11.8 Å². The van der Waals surface area contributed by atoms with Gasteiger partial charge < -0.3 is 8.98 Å². The Labute approximate surface area is 134 Å². The molecule has 114 valence electrons. The summed E-state index contributed by atoms with van der Waals surface area (Å²) < 4.78 is 7.11. The van der Waals surface area contributed by atoms with Gasteiger partial charge in [-0.25, -0.2) is 0 Å². The number of aromatic nitrogens is 5. The van der Waals surface area contributed by atoms with Crippen LogP contribution in [-0.2, 0) is 11.8 Å². The number of anilines is 1. The third kappa shape index (κ3) is 3.02. The smallest absolute Gasteiger partial charge is 0.236 e. The fourth-order valence-corrected chi connectivity index (χ4v) is 2.98. The number of aryl methyl sites for hydroxylation is 1. The summed E-state index contributed by atoms with van der Waals surface area (Å²) in [4.78, 5) is 11.8. The molecule has 0 aliphatic heterocycles. The highest BCUT2D eigenvalue weighted by atomic mass is 32.2. The Morgan fingerprint density at radius 3 is 3.00 bits per heavy atom. The Balaban J connectivity index is 1.65. The van der Waals surface area contributed by atoms with Crippen molar-refractivity contribution in [1.82, 2.24) is 25.0 Å². The molecular weight excluding hydrogens is 324 g/mol. The van der Waals surface area contributed by atoms with E-state index in [2.05, 4.69) is 25.7 Å². The zero-order valence-electron chi connectivity index (χ0n) is 11.8. The topological polar surface area (TPSA) is 98.7 Å². The van der Waals surface area contributed by atoms with Crippen molar-refractivity contribution in [2.45, 2.75) is 12.1 Å². The van der Waals surface area contributed by atoms with Gasteiger partial charge in [0, 0.05) is 7.05 Å². The second kappa shape index (κ2) is 6.28. The second-order valence-corrected chi connectivity index (χ2v) is 6.11. The van der Waals surface area contributed by atoms with E-state index in [0.29, 0.717) is 16.1 Å². The van der Waals surface area contributed by atoms with Gasteiger partial charge in [-0.15, -0.1) is 20.4 Å². The number of rotatable bonds is 5. The van der Waals surface area contributed by atoms with E-state index < -0.39 is 0 Å². The van der Waals surface area contributed by atoms with Crippen molar-refractivity contribution in [3.8, 4) is 11.4 Å². The molecule has 0 fully saturated rings. The Morgan fingerprint density at radius 2 is 2.32 bits per heavy atom. The SMILES string of the molecule is Cc1occc1-c1nnc(SCC(=O)Nc2nncs2)n1C. The van der Waals surface area contributed by atoms with Crippen molar-refractivity contribution in [3.63, 3.8) is 0 Å². The fraction of sp³-hybridized carbons (Fsp3) is 0.250. The molecule has 0 aliphatic carbocycles. The van der Waals surface area contributed by atoms with E-state index in [9.17, 15) is 4.79 Å². The lowest BCUT2D eigenvalue weighted by atomic mass is 10.2. The Kier molecular flexibility index (Phi) is 4.20. The highest BCUT2D eigenvalue weighted by molar-refractivity contribution is 7.99. The number of nitrogens with one attached hydrogen (secondary N) is 1. The number of furan rings is 1. The van der Waals surface area contributed by atoms with E-state index in [0.717, 1.165) is 11.3 Å². The maximum Gasteiger partial charge on any atom is 0.236 e. The van der Waals surface area contributed by atoms with Crippen molar-refractivity contribution < 1.29 is 9.21 Å². The van der Waals surface area contributed by atoms with Crippen LogP contribution in [0.4, 0.5) is 5.13 Å². The molecule has 0 bridgehead atoms. The molecule has 0 aromatic carbocycles. The minimum absolute atomic E-state index is 0.161. The van der Waals surface area contributed by atoms with Crippen LogP contribution in [0, 0.1) is 6.92 Å². The van der Waals surface area contributed by atoms with Gasteiger partial charge in [-0.05, 0) is 13.0 Å². The third-order valence-electron chi connectivity index (χ3n) is 2.87. The van der Waals surface area contributed by atoms with Crippen LogP contribution in [0.25, 0.3) is 11.4 Å². The Morgan fingerprint density at radius 1 is 1.45 bits per heavy atom. The molecule has 0 unspecified atom stereocenters. The Bertz CT molecular complexity index is 780. The normalized spacial score (nSPS) is 10.8. The zero-order valence-corrected chi connectivity index (χ0v) is 13.4. The van der Waals surface area contributed by atoms with Crippen molar-refractivity contribution >= 4 is 34.1 Å². The summed E-state index contributed by atoms with van der Waals surface area (Å²) in [5.74, 6) is 1.54. The highest BCUT2D eigenvalue weighted by Crippen LogP contribution is 2.25. The van der Waals surface area contributed by atoms with Gasteiger partial charge in [0.05, 0.1) is 17.6 Å². The monoisotopic (exact) mass is 336 g/mol. The molecule has 0 atom stereocenters. The third-order valence-corrected chi connectivity index (χ3v) is 4.50. The molecule has 0 spiro atoms. The first-order valence-electron chi connectivity index (χ1n) is 6.28. The van der Waals surface area contributed by atoms with Crippen LogP contribution in [0.5, 0.6) is 0 Å². The predicted molar refractivity (Wildman–Crippen MR) is 82.7 cm³/mol. The van der Waals surface area contributed by atoms with E-state index in [1.807, 2.05) is 24.6 Å². The fourth-order valence-electron chi connectivity index (χ4n) is 1.81. The number of nitrogens with zero attached hydrogens (tertiary/aromatic N) is 5. The van der Waals surface area contributed by atoms with Gasteiger partial charge in [0.15, 0.2) is 11.0 Å². The van der Waals surface area contributed by atoms with Gasteiger partial charge in [-0.1, -0.05) is 23.1 Å². The molecule has 3 heterocycles. The lowest BCUT2D eigenvalue weighted by Crippen LogP contribution is -2.14. The molecule has 3 rings (SSSR count). The summed E-state index contributed by atoms with van der Waals surface area (Å²) >= 11 is 2.58. The standard InChI is InChI=1S/C12H12N6O2S2/c1-7-8(3-4-20-7)10-15-17-12(18(10)2)21-5-9(19)14-11-16-13-6-22-11/h3-4,6H,5H2,1-2H3,(H,14,16,19). The van der Waals surface area contributed by atoms with E-state index in [4.69, 9.17) is 4.42 Å². The number of hydrogen-bond donors (Lipinski definition) is 1. The lowest BCUT2D eigenvalue weighted by Gasteiger charge is -2.03. The van der Waals surface area contributed by atoms with E-state index in [-0.39, 0.29) is 11.7 Å². The molecule has 10 heteroatoms. The molecular formula is C12H12N6O2S2. The van der Waals surface area contributed by atoms with Gasteiger partial charge >= 0.3 is 0 Å². The summed E-state index contributed by atoms with van der Waals surface area (Å²) in [6, 6.07) is 1.84. The molecule has 1 amide bonds. The van der Waals surface area contributed by atoms with Crippen molar-refractivity contribution in [1.29, 1.82) is 0 Å². The maximum atomic E-state index is 11.8. The van der Waals surface area contributed by atoms with Gasteiger partial charge in [0.25, 0.3) is 0 Å². The van der Waals surface area contributed by atoms with Crippen LogP contribution in [-0.4, -0.2) is 36.6 Å². The molecule has 0 saturated heterocycles. The number of amides is 1. The minimum Gasteiger partial charge on any atom is -0.469 e. The zero-order chi connectivity index (χ0) is 15.5. The quantitative estimate of drug-likeness (QED) is 0.711. The van der Waals surface area contributed by atoms with Crippen LogP contribution in [0.2, 0.25) is 0 Å². The molecule has 0 radical (unpaired) electrons. The van der Waals surface area contributed by atoms with Gasteiger partial charge in [0.1, 0.15) is 11.3 Å². The molecule has 8 nitrogen and oxygen atoms in total. The van der Waals surface area contributed by atoms with Crippen LogP contribution in [0.1, 0.15) is 5.76 Å². The highest BCUT2D eigenvalue weighted by Gasteiger charge is 2.16. The summed E-state index contributed by atoms with van der Waals surface area (Å²) in [7, 11) is 1.85. The largest absolute Gasteiger partial charge is 0.469 e. The Hall–Kier alpha value is -2.20. The number of thioether (sulfide) groups is 1. The molecule has 22 heavy (non-hydrogen) atoms. The minimum atomic E-state index is -0.161. The number of hydrogen-bond acceptors (Lipinski definition) is 8. The van der Waals surface area contributed by atoms with Crippen LogP contribution >= 0.6 is 23.1 Å². The van der Waals surface area contributed by atoms with E-state index >= 15 is 0 Å². The summed E-state index contributed by atoms with van der Waals surface area (Å²) in [5, 5.41) is 19.5.